The first-order valence-corrected chi connectivity index (χ1v) is 7.42. The summed E-state index contributed by atoms with van der Waals surface area (Å²) >= 11 is 8.17. The number of hydrogen-bond acceptors (Lipinski definition) is 3. The minimum Gasteiger partial charge on any atom is -0.375 e. The Bertz CT molecular complexity index is 419. The SMILES string of the molecule is CC(C)Cc1nc(CCOCC(F)F)nc(Cl)c1I. The molecule has 0 fully saturated rings. The van der Waals surface area contributed by atoms with E-state index in [1.165, 1.54) is 0 Å². The molecule has 0 atom stereocenters. The molecular weight excluding hydrogens is 388 g/mol. The first-order chi connectivity index (χ1) is 8.90. The van der Waals surface area contributed by atoms with Gasteiger partial charge in [-0.3, -0.25) is 0 Å². The van der Waals surface area contributed by atoms with Gasteiger partial charge in [-0.15, -0.1) is 0 Å². The third kappa shape index (κ3) is 6.27. The Morgan fingerprint density at radius 3 is 2.58 bits per heavy atom. The molecule has 19 heavy (non-hydrogen) atoms. The Hall–Kier alpha value is -0.0800. The molecule has 0 aromatic carbocycles. The number of hydrogen-bond donors (Lipinski definition) is 0. The first-order valence-electron chi connectivity index (χ1n) is 5.96. The fourth-order valence-electron chi connectivity index (χ4n) is 1.48. The Balaban J connectivity index is 2.66. The second kappa shape index (κ2) is 8.26. The van der Waals surface area contributed by atoms with Crippen LogP contribution in [0.4, 0.5) is 8.78 Å². The molecule has 3 nitrogen and oxygen atoms in total. The lowest BCUT2D eigenvalue weighted by molar-refractivity contribution is 0.0182. The van der Waals surface area contributed by atoms with Gasteiger partial charge in [0.25, 0.3) is 6.43 Å². The van der Waals surface area contributed by atoms with Crippen LogP contribution in [0.3, 0.4) is 0 Å². The van der Waals surface area contributed by atoms with Crippen molar-refractivity contribution in [2.45, 2.75) is 33.1 Å². The van der Waals surface area contributed by atoms with Crippen LogP contribution in [0.5, 0.6) is 0 Å². The van der Waals surface area contributed by atoms with Crippen molar-refractivity contribution in [2.24, 2.45) is 5.92 Å². The van der Waals surface area contributed by atoms with E-state index >= 15 is 0 Å². The fourth-order valence-corrected chi connectivity index (χ4v) is 2.15. The molecule has 1 rings (SSSR count). The number of rotatable bonds is 7. The number of nitrogens with zero attached hydrogens (tertiary/aromatic N) is 2. The van der Waals surface area contributed by atoms with Gasteiger partial charge >= 0.3 is 0 Å². The molecule has 0 radical (unpaired) electrons. The van der Waals surface area contributed by atoms with E-state index in [2.05, 4.69) is 46.4 Å². The summed E-state index contributed by atoms with van der Waals surface area (Å²) in [7, 11) is 0. The van der Waals surface area contributed by atoms with Crippen LogP contribution in [-0.4, -0.2) is 29.6 Å². The van der Waals surface area contributed by atoms with Crippen LogP contribution in [0.2, 0.25) is 5.15 Å². The van der Waals surface area contributed by atoms with Crippen molar-refractivity contribution in [3.8, 4) is 0 Å². The van der Waals surface area contributed by atoms with Crippen LogP contribution in [-0.2, 0) is 17.6 Å². The van der Waals surface area contributed by atoms with Crippen LogP contribution >= 0.6 is 34.2 Å². The first kappa shape index (κ1) is 17.0. The number of aromatic nitrogens is 2. The van der Waals surface area contributed by atoms with Gasteiger partial charge in [0.15, 0.2) is 0 Å². The van der Waals surface area contributed by atoms with Gasteiger partial charge in [-0.2, -0.15) is 0 Å². The molecule has 0 aliphatic heterocycles. The number of alkyl halides is 2. The standard InChI is InChI=1S/C12H16ClF2IN2O/c1-7(2)5-8-11(16)12(13)18-10(17-8)3-4-19-6-9(14)15/h7,9H,3-6H2,1-2H3. The van der Waals surface area contributed by atoms with Gasteiger partial charge in [0.2, 0.25) is 0 Å². The average Bonchev–Trinajstić information content (AvgIpc) is 2.30. The van der Waals surface area contributed by atoms with Crippen LogP contribution in [0, 0.1) is 9.49 Å². The molecule has 0 bridgehead atoms. The highest BCUT2D eigenvalue weighted by molar-refractivity contribution is 14.1. The van der Waals surface area contributed by atoms with Gasteiger partial charge in [-0.25, -0.2) is 18.7 Å². The Morgan fingerprint density at radius 2 is 2.00 bits per heavy atom. The maximum absolute atomic E-state index is 11.9. The number of ether oxygens (including phenoxy) is 1. The van der Waals surface area contributed by atoms with Crippen LogP contribution in [0.15, 0.2) is 0 Å². The molecule has 0 aliphatic carbocycles. The molecule has 0 saturated heterocycles. The topological polar surface area (TPSA) is 35.0 Å². The highest BCUT2D eigenvalue weighted by Crippen LogP contribution is 2.21. The highest BCUT2D eigenvalue weighted by atomic mass is 127. The van der Waals surface area contributed by atoms with Gasteiger partial charge in [-0.1, -0.05) is 25.4 Å². The third-order valence-electron chi connectivity index (χ3n) is 2.24. The predicted octanol–water partition coefficient (Wildman–Crippen LogP) is 3.76. The average molecular weight is 405 g/mol. The molecule has 0 unspecified atom stereocenters. The zero-order valence-electron chi connectivity index (χ0n) is 10.8. The third-order valence-corrected chi connectivity index (χ3v) is 3.97. The zero-order chi connectivity index (χ0) is 14.4. The van der Waals surface area contributed by atoms with E-state index in [4.69, 9.17) is 16.3 Å². The molecule has 0 saturated carbocycles. The van der Waals surface area contributed by atoms with Crippen molar-refractivity contribution in [2.75, 3.05) is 13.2 Å². The number of halogens is 4. The van der Waals surface area contributed by atoms with E-state index in [0.29, 0.717) is 23.3 Å². The van der Waals surface area contributed by atoms with E-state index in [1.54, 1.807) is 0 Å². The minimum atomic E-state index is -2.45. The molecule has 1 heterocycles. The van der Waals surface area contributed by atoms with Gasteiger partial charge in [0.1, 0.15) is 17.6 Å². The highest BCUT2D eigenvalue weighted by Gasteiger charge is 2.12. The maximum atomic E-state index is 11.9. The van der Waals surface area contributed by atoms with Crippen LogP contribution < -0.4 is 0 Å². The molecule has 7 heteroatoms. The molecule has 0 N–H and O–H groups in total. The van der Waals surface area contributed by atoms with Gasteiger partial charge in [0.05, 0.1) is 15.9 Å². The van der Waals surface area contributed by atoms with Gasteiger partial charge in [0, 0.05) is 6.42 Å². The Labute approximate surface area is 130 Å². The summed E-state index contributed by atoms with van der Waals surface area (Å²) in [6, 6.07) is 0. The predicted molar refractivity (Wildman–Crippen MR) is 78.8 cm³/mol. The lowest BCUT2D eigenvalue weighted by atomic mass is 10.1. The molecule has 1 aromatic heterocycles. The second-order valence-corrected chi connectivity index (χ2v) is 5.94. The normalized spacial score (nSPS) is 11.6. The molecule has 0 amide bonds. The molecular formula is C12H16ClF2IN2O. The summed E-state index contributed by atoms with van der Waals surface area (Å²) in [4.78, 5) is 8.56. The van der Waals surface area contributed by atoms with Crippen LogP contribution in [0.1, 0.15) is 25.4 Å². The molecule has 0 spiro atoms. The summed E-state index contributed by atoms with van der Waals surface area (Å²) in [5.41, 5.74) is 0.902. The van der Waals surface area contributed by atoms with Crippen molar-refractivity contribution >= 4 is 34.2 Å². The quantitative estimate of drug-likeness (QED) is 0.394. The zero-order valence-corrected chi connectivity index (χ0v) is 13.7. The summed E-state index contributed by atoms with van der Waals surface area (Å²) in [5, 5.41) is 0.412. The largest absolute Gasteiger partial charge is 0.375 e. The van der Waals surface area contributed by atoms with Gasteiger partial charge in [-0.05, 0) is 34.9 Å². The van der Waals surface area contributed by atoms with Crippen molar-refractivity contribution < 1.29 is 13.5 Å². The van der Waals surface area contributed by atoms with E-state index in [9.17, 15) is 8.78 Å². The van der Waals surface area contributed by atoms with Crippen molar-refractivity contribution in [3.05, 3.63) is 20.2 Å². The maximum Gasteiger partial charge on any atom is 0.261 e. The minimum absolute atomic E-state index is 0.169. The van der Waals surface area contributed by atoms with Crippen LogP contribution in [0.25, 0.3) is 0 Å². The van der Waals surface area contributed by atoms with Crippen molar-refractivity contribution in [1.29, 1.82) is 0 Å². The molecule has 108 valence electrons. The summed E-state index contributed by atoms with van der Waals surface area (Å²) in [6.07, 6.45) is -1.25. The Morgan fingerprint density at radius 1 is 1.32 bits per heavy atom. The summed E-state index contributed by atoms with van der Waals surface area (Å²) < 4.78 is 29.5. The molecule has 0 aliphatic rings. The van der Waals surface area contributed by atoms with E-state index in [1.807, 2.05) is 0 Å². The van der Waals surface area contributed by atoms with E-state index < -0.39 is 13.0 Å². The smallest absolute Gasteiger partial charge is 0.261 e. The lowest BCUT2D eigenvalue weighted by Gasteiger charge is -2.10. The fraction of sp³-hybridized carbons (Fsp3) is 0.667. The molecule has 1 aromatic rings. The van der Waals surface area contributed by atoms with E-state index in [0.717, 1.165) is 15.7 Å². The monoisotopic (exact) mass is 404 g/mol. The van der Waals surface area contributed by atoms with Crippen molar-refractivity contribution in [1.82, 2.24) is 9.97 Å². The Kier molecular flexibility index (Phi) is 7.38. The summed E-state index contributed by atoms with van der Waals surface area (Å²) in [6.45, 7) is 3.80. The lowest BCUT2D eigenvalue weighted by Crippen LogP contribution is -2.11. The second-order valence-electron chi connectivity index (χ2n) is 4.51. The van der Waals surface area contributed by atoms with Crippen molar-refractivity contribution in [3.63, 3.8) is 0 Å². The van der Waals surface area contributed by atoms with Gasteiger partial charge < -0.3 is 4.74 Å². The van der Waals surface area contributed by atoms with E-state index in [-0.39, 0.29) is 6.61 Å². The summed E-state index contributed by atoms with van der Waals surface area (Å²) in [5.74, 6) is 0.998.